The van der Waals surface area contributed by atoms with E-state index in [1.165, 1.54) is 12.8 Å². The van der Waals surface area contributed by atoms with Gasteiger partial charge in [0.15, 0.2) is 0 Å². The summed E-state index contributed by atoms with van der Waals surface area (Å²) in [5.41, 5.74) is 6.39. The van der Waals surface area contributed by atoms with Gasteiger partial charge in [-0.15, -0.1) is 0 Å². The van der Waals surface area contributed by atoms with Gasteiger partial charge < -0.3 is 19.9 Å². The van der Waals surface area contributed by atoms with Gasteiger partial charge in [0.2, 0.25) is 11.8 Å². The molecule has 1 aliphatic carbocycles. The number of methoxy groups -OCH3 is 1. The minimum absolute atomic E-state index is 0.438. The van der Waals surface area contributed by atoms with Crippen LogP contribution >= 0.6 is 0 Å². The van der Waals surface area contributed by atoms with Crippen molar-refractivity contribution >= 4 is 5.69 Å². The van der Waals surface area contributed by atoms with Crippen molar-refractivity contribution in [1.29, 1.82) is 0 Å². The van der Waals surface area contributed by atoms with Crippen LogP contribution in [-0.4, -0.2) is 18.7 Å². The molecule has 0 spiro atoms. The fraction of sp³-hybridized carbons (Fsp3) is 0.312. The fourth-order valence-electron chi connectivity index (χ4n) is 1.85. The highest BCUT2D eigenvalue weighted by Crippen LogP contribution is 2.31. The third kappa shape index (κ3) is 3.56. The van der Waals surface area contributed by atoms with E-state index in [2.05, 4.69) is 4.98 Å². The average Bonchev–Trinajstić information content (AvgIpc) is 3.33. The lowest BCUT2D eigenvalue weighted by Crippen LogP contribution is -2.04. The van der Waals surface area contributed by atoms with Crippen LogP contribution in [0.1, 0.15) is 12.8 Å². The second kappa shape index (κ2) is 5.91. The van der Waals surface area contributed by atoms with Crippen LogP contribution in [0.3, 0.4) is 0 Å². The van der Waals surface area contributed by atoms with Gasteiger partial charge in [-0.1, -0.05) is 0 Å². The van der Waals surface area contributed by atoms with Gasteiger partial charge in [0, 0.05) is 6.07 Å². The molecule has 2 aromatic rings. The maximum Gasteiger partial charge on any atom is 0.240 e. The average molecular weight is 286 g/mol. The molecule has 0 bridgehead atoms. The van der Waals surface area contributed by atoms with E-state index in [0.717, 1.165) is 5.75 Å². The van der Waals surface area contributed by atoms with Gasteiger partial charge in [-0.25, -0.2) is 0 Å². The zero-order valence-corrected chi connectivity index (χ0v) is 11.9. The predicted molar refractivity (Wildman–Crippen MR) is 79.9 cm³/mol. The highest BCUT2D eigenvalue weighted by atomic mass is 16.5. The molecule has 0 saturated heterocycles. The van der Waals surface area contributed by atoms with Crippen LogP contribution in [-0.2, 0) is 0 Å². The van der Waals surface area contributed by atoms with Crippen molar-refractivity contribution in [3.8, 4) is 23.3 Å². The first kappa shape index (κ1) is 13.5. The number of benzene rings is 1. The largest absolute Gasteiger partial charge is 0.497 e. The Balaban J connectivity index is 1.69. The van der Waals surface area contributed by atoms with Crippen molar-refractivity contribution in [2.75, 3.05) is 19.5 Å². The van der Waals surface area contributed by atoms with E-state index in [-0.39, 0.29) is 0 Å². The minimum atomic E-state index is 0.438. The van der Waals surface area contributed by atoms with E-state index in [1.807, 2.05) is 24.3 Å². The lowest BCUT2D eigenvalue weighted by Gasteiger charge is -2.10. The monoisotopic (exact) mass is 286 g/mol. The van der Waals surface area contributed by atoms with Crippen LogP contribution < -0.4 is 19.9 Å². The van der Waals surface area contributed by atoms with Crippen LogP contribution in [0.4, 0.5) is 5.69 Å². The van der Waals surface area contributed by atoms with E-state index in [0.29, 0.717) is 35.7 Å². The first-order chi connectivity index (χ1) is 10.2. The zero-order chi connectivity index (χ0) is 14.7. The first-order valence-electron chi connectivity index (χ1n) is 6.96. The van der Waals surface area contributed by atoms with Crippen molar-refractivity contribution in [3.63, 3.8) is 0 Å². The van der Waals surface area contributed by atoms with Crippen LogP contribution in [0.5, 0.6) is 23.3 Å². The molecule has 5 heteroatoms. The van der Waals surface area contributed by atoms with Gasteiger partial charge in [-0.3, -0.25) is 0 Å². The van der Waals surface area contributed by atoms with Crippen LogP contribution in [0.2, 0.25) is 0 Å². The molecule has 1 fully saturated rings. The standard InChI is InChI=1S/C16H18N2O3/c1-19-12-4-6-13(7-5-12)21-15-9-8-14(17)16(18-15)20-10-11-2-3-11/h4-9,11H,2-3,10,17H2,1H3. The van der Waals surface area contributed by atoms with Gasteiger partial charge in [-0.05, 0) is 49.1 Å². The summed E-state index contributed by atoms with van der Waals surface area (Å²) in [5, 5.41) is 0. The summed E-state index contributed by atoms with van der Waals surface area (Å²) in [6.07, 6.45) is 2.45. The van der Waals surface area contributed by atoms with Crippen LogP contribution in [0.15, 0.2) is 36.4 Å². The molecule has 2 N–H and O–H groups in total. The highest BCUT2D eigenvalue weighted by Gasteiger charge is 2.22. The minimum Gasteiger partial charge on any atom is -0.497 e. The van der Waals surface area contributed by atoms with Crippen molar-refractivity contribution < 1.29 is 14.2 Å². The Morgan fingerprint density at radius 1 is 1.10 bits per heavy atom. The Morgan fingerprint density at radius 2 is 1.81 bits per heavy atom. The van der Waals surface area contributed by atoms with E-state index in [4.69, 9.17) is 19.9 Å². The quantitative estimate of drug-likeness (QED) is 0.883. The molecule has 1 heterocycles. The van der Waals surface area contributed by atoms with Gasteiger partial charge >= 0.3 is 0 Å². The van der Waals surface area contributed by atoms with E-state index >= 15 is 0 Å². The molecular weight excluding hydrogens is 268 g/mol. The van der Waals surface area contributed by atoms with Crippen LogP contribution in [0.25, 0.3) is 0 Å². The molecule has 3 rings (SSSR count). The topological polar surface area (TPSA) is 66.6 Å². The fourth-order valence-corrected chi connectivity index (χ4v) is 1.85. The summed E-state index contributed by atoms with van der Waals surface area (Å²) in [4.78, 5) is 4.31. The third-order valence-electron chi connectivity index (χ3n) is 3.30. The number of aromatic nitrogens is 1. The van der Waals surface area contributed by atoms with Gasteiger partial charge in [-0.2, -0.15) is 4.98 Å². The highest BCUT2D eigenvalue weighted by molar-refractivity contribution is 5.49. The smallest absolute Gasteiger partial charge is 0.240 e. The summed E-state index contributed by atoms with van der Waals surface area (Å²) in [5.74, 6) is 3.01. The van der Waals surface area contributed by atoms with Crippen molar-refractivity contribution in [2.45, 2.75) is 12.8 Å². The summed E-state index contributed by atoms with van der Waals surface area (Å²) >= 11 is 0. The number of hydrogen-bond acceptors (Lipinski definition) is 5. The molecule has 1 aromatic heterocycles. The SMILES string of the molecule is COc1ccc(Oc2ccc(N)c(OCC3CC3)n2)cc1. The summed E-state index contributed by atoms with van der Waals surface area (Å²) in [6.45, 7) is 0.670. The van der Waals surface area contributed by atoms with Gasteiger partial charge in [0.25, 0.3) is 0 Å². The predicted octanol–water partition coefficient (Wildman–Crippen LogP) is 3.25. The number of rotatable bonds is 6. The number of anilines is 1. The maximum atomic E-state index is 5.87. The number of pyridine rings is 1. The molecule has 1 aromatic carbocycles. The van der Waals surface area contributed by atoms with Gasteiger partial charge in [0.1, 0.15) is 11.5 Å². The Morgan fingerprint density at radius 3 is 2.48 bits per heavy atom. The number of nitrogen functional groups attached to an aromatic ring is 1. The number of ether oxygens (including phenoxy) is 3. The normalized spacial score (nSPS) is 13.8. The van der Waals surface area contributed by atoms with Crippen molar-refractivity contribution in [1.82, 2.24) is 4.98 Å². The molecule has 0 atom stereocenters. The van der Waals surface area contributed by atoms with Gasteiger partial charge in [0.05, 0.1) is 19.4 Å². The first-order valence-corrected chi connectivity index (χ1v) is 6.96. The number of nitrogens with zero attached hydrogens (tertiary/aromatic N) is 1. The molecule has 0 aliphatic heterocycles. The second-order valence-corrected chi connectivity index (χ2v) is 5.08. The number of hydrogen-bond donors (Lipinski definition) is 1. The molecular formula is C16H18N2O3. The Labute approximate surface area is 123 Å². The number of nitrogens with two attached hydrogens (primary N) is 1. The van der Waals surface area contributed by atoms with E-state index < -0.39 is 0 Å². The second-order valence-electron chi connectivity index (χ2n) is 5.08. The molecule has 5 nitrogen and oxygen atoms in total. The van der Waals surface area contributed by atoms with Crippen molar-refractivity contribution in [2.24, 2.45) is 5.92 Å². The van der Waals surface area contributed by atoms with E-state index in [1.54, 1.807) is 19.2 Å². The lowest BCUT2D eigenvalue weighted by molar-refractivity contribution is 0.286. The summed E-state index contributed by atoms with van der Waals surface area (Å²) in [6, 6.07) is 10.8. The molecule has 21 heavy (non-hydrogen) atoms. The van der Waals surface area contributed by atoms with Crippen LogP contribution in [0, 0.1) is 5.92 Å². The Bertz CT molecular complexity index is 609. The molecule has 1 aliphatic rings. The zero-order valence-electron chi connectivity index (χ0n) is 11.9. The summed E-state index contributed by atoms with van der Waals surface area (Å²) in [7, 11) is 1.63. The van der Waals surface area contributed by atoms with Crippen molar-refractivity contribution in [3.05, 3.63) is 36.4 Å². The lowest BCUT2D eigenvalue weighted by atomic mass is 10.3. The molecule has 0 unspecified atom stereocenters. The molecule has 110 valence electrons. The molecule has 0 amide bonds. The Kier molecular flexibility index (Phi) is 3.81. The molecule has 1 saturated carbocycles. The van der Waals surface area contributed by atoms with E-state index in [9.17, 15) is 0 Å². The third-order valence-corrected chi connectivity index (χ3v) is 3.30. The maximum absolute atomic E-state index is 5.87. The summed E-state index contributed by atoms with van der Waals surface area (Å²) < 4.78 is 16.4. The molecule has 0 radical (unpaired) electrons. The Hall–Kier alpha value is -2.43.